The standard InChI is InChI=1S/C6H15N3O/c1-2-9(10)8-5-3-7-4-6-8/h7,10H,2-6H2,1H3/p+1. The van der Waals surface area contributed by atoms with Gasteiger partial charge in [0.2, 0.25) is 0 Å². The van der Waals surface area contributed by atoms with Crippen LogP contribution in [0.3, 0.4) is 0 Å². The molecule has 4 heteroatoms. The highest BCUT2D eigenvalue weighted by molar-refractivity contribution is 4.58. The van der Waals surface area contributed by atoms with Crippen molar-refractivity contribution in [3.8, 4) is 0 Å². The molecule has 1 atom stereocenters. The Hall–Kier alpha value is -0.160. The zero-order valence-corrected chi connectivity index (χ0v) is 6.43. The number of hydroxylamine groups is 1. The Morgan fingerprint density at radius 3 is 2.60 bits per heavy atom. The first-order chi connectivity index (χ1) is 4.84. The summed E-state index contributed by atoms with van der Waals surface area (Å²) >= 11 is 0. The molecular formula is C6H16N3O+. The van der Waals surface area contributed by atoms with Crippen molar-refractivity contribution in [1.82, 2.24) is 10.3 Å². The molecule has 3 N–H and O–H groups in total. The van der Waals surface area contributed by atoms with E-state index in [0.717, 1.165) is 32.7 Å². The fourth-order valence-corrected chi connectivity index (χ4v) is 1.15. The molecule has 1 saturated heterocycles. The molecule has 1 fully saturated rings. The van der Waals surface area contributed by atoms with Crippen LogP contribution in [0.5, 0.6) is 0 Å². The lowest BCUT2D eigenvalue weighted by molar-refractivity contribution is -1.18. The van der Waals surface area contributed by atoms with Gasteiger partial charge < -0.3 is 5.32 Å². The number of hydrogen-bond donors (Lipinski definition) is 3. The summed E-state index contributed by atoms with van der Waals surface area (Å²) in [6, 6.07) is 0. The Kier molecular flexibility index (Phi) is 3.08. The third-order valence-electron chi connectivity index (χ3n) is 1.80. The Bertz CT molecular complexity index is 93.0. The van der Waals surface area contributed by atoms with Crippen LogP contribution in [0.2, 0.25) is 0 Å². The summed E-state index contributed by atoms with van der Waals surface area (Å²) in [5, 5.41) is 15.1. The minimum absolute atomic E-state index is 0.529. The van der Waals surface area contributed by atoms with E-state index in [1.54, 1.807) is 0 Å². The van der Waals surface area contributed by atoms with Crippen molar-refractivity contribution >= 4 is 0 Å². The van der Waals surface area contributed by atoms with Crippen molar-refractivity contribution in [1.29, 1.82) is 0 Å². The van der Waals surface area contributed by atoms with Gasteiger partial charge >= 0.3 is 0 Å². The molecule has 1 unspecified atom stereocenters. The van der Waals surface area contributed by atoms with Gasteiger partial charge in [0, 0.05) is 13.1 Å². The van der Waals surface area contributed by atoms with Crippen LogP contribution in [0, 0.1) is 0 Å². The SMILES string of the molecule is CC[NH+](O)N1CCNCC1. The molecule has 1 heterocycles. The zero-order valence-electron chi connectivity index (χ0n) is 6.43. The van der Waals surface area contributed by atoms with Crippen molar-refractivity contribution < 1.29 is 10.4 Å². The largest absolute Gasteiger partial charge is 0.314 e. The number of hydrogen-bond acceptors (Lipinski definition) is 3. The lowest BCUT2D eigenvalue weighted by Gasteiger charge is -2.27. The quantitative estimate of drug-likeness (QED) is 0.399. The Morgan fingerprint density at radius 1 is 1.50 bits per heavy atom. The van der Waals surface area contributed by atoms with Gasteiger partial charge in [-0.15, -0.1) is 10.2 Å². The summed E-state index contributed by atoms with van der Waals surface area (Å²) in [5.74, 6) is 0. The highest BCUT2D eigenvalue weighted by atomic mass is 16.5. The van der Waals surface area contributed by atoms with Gasteiger partial charge in [-0.3, -0.25) is 0 Å². The Morgan fingerprint density at radius 2 is 2.10 bits per heavy atom. The molecule has 1 aliphatic heterocycles. The number of rotatable bonds is 2. The zero-order chi connectivity index (χ0) is 7.40. The molecule has 0 saturated carbocycles. The summed E-state index contributed by atoms with van der Waals surface area (Å²) in [6.07, 6.45) is 0. The molecule has 0 aromatic carbocycles. The number of nitrogens with zero attached hydrogens (tertiary/aromatic N) is 1. The molecule has 10 heavy (non-hydrogen) atoms. The van der Waals surface area contributed by atoms with E-state index in [-0.39, 0.29) is 0 Å². The van der Waals surface area contributed by atoms with Gasteiger partial charge in [0.05, 0.1) is 13.1 Å². The summed E-state index contributed by atoms with van der Waals surface area (Å²) in [5.41, 5.74) is 0. The van der Waals surface area contributed by atoms with Gasteiger partial charge in [0.1, 0.15) is 6.54 Å². The fraction of sp³-hybridized carbons (Fsp3) is 1.00. The predicted octanol–water partition coefficient (Wildman–Crippen LogP) is -1.90. The summed E-state index contributed by atoms with van der Waals surface area (Å²) in [7, 11) is 0. The molecule has 4 nitrogen and oxygen atoms in total. The molecule has 0 aliphatic carbocycles. The topological polar surface area (TPSA) is 39.9 Å². The van der Waals surface area contributed by atoms with E-state index >= 15 is 0 Å². The van der Waals surface area contributed by atoms with Crippen LogP contribution in [0.4, 0.5) is 0 Å². The maximum absolute atomic E-state index is 9.30. The summed E-state index contributed by atoms with van der Waals surface area (Å²) < 4.78 is 0. The smallest absolute Gasteiger partial charge is 0.124 e. The van der Waals surface area contributed by atoms with Gasteiger partial charge in [-0.2, -0.15) is 5.21 Å². The lowest BCUT2D eigenvalue weighted by Crippen LogP contribution is -3.16. The van der Waals surface area contributed by atoms with Gasteiger partial charge in [-0.1, -0.05) is 0 Å². The van der Waals surface area contributed by atoms with Crippen LogP contribution in [0.15, 0.2) is 0 Å². The predicted molar refractivity (Wildman–Crippen MR) is 37.7 cm³/mol. The third kappa shape index (κ3) is 1.91. The van der Waals surface area contributed by atoms with Crippen molar-refractivity contribution in [2.75, 3.05) is 32.7 Å². The minimum atomic E-state index is 0.529. The second-order valence-corrected chi connectivity index (χ2v) is 2.51. The Balaban J connectivity index is 2.24. The third-order valence-corrected chi connectivity index (χ3v) is 1.80. The highest BCUT2D eigenvalue weighted by Gasteiger charge is 2.17. The van der Waals surface area contributed by atoms with Crippen molar-refractivity contribution in [2.24, 2.45) is 0 Å². The molecule has 1 rings (SSSR count). The van der Waals surface area contributed by atoms with E-state index in [0.29, 0.717) is 5.17 Å². The van der Waals surface area contributed by atoms with Crippen LogP contribution in [0.1, 0.15) is 6.92 Å². The first-order valence-corrected chi connectivity index (χ1v) is 3.85. The first-order valence-electron chi connectivity index (χ1n) is 3.85. The van der Waals surface area contributed by atoms with Crippen LogP contribution in [-0.4, -0.2) is 42.9 Å². The molecule has 60 valence electrons. The monoisotopic (exact) mass is 146 g/mol. The Labute approximate surface area is 61.3 Å². The fourth-order valence-electron chi connectivity index (χ4n) is 1.15. The van der Waals surface area contributed by atoms with Crippen molar-refractivity contribution in [3.63, 3.8) is 0 Å². The number of piperazine rings is 1. The van der Waals surface area contributed by atoms with Crippen LogP contribution in [0.25, 0.3) is 0 Å². The number of quaternary nitrogens is 1. The van der Waals surface area contributed by atoms with E-state index in [1.807, 2.05) is 11.9 Å². The average molecular weight is 146 g/mol. The van der Waals surface area contributed by atoms with E-state index in [9.17, 15) is 5.21 Å². The first kappa shape index (κ1) is 7.94. The van der Waals surface area contributed by atoms with Crippen LogP contribution < -0.4 is 10.5 Å². The number of nitrogens with one attached hydrogen (secondary N) is 2. The molecule has 0 aromatic rings. The average Bonchev–Trinajstić information content (AvgIpc) is 2.05. The van der Waals surface area contributed by atoms with Gasteiger partial charge in [0.15, 0.2) is 0 Å². The second kappa shape index (κ2) is 3.88. The lowest BCUT2D eigenvalue weighted by atomic mass is 10.4. The van der Waals surface area contributed by atoms with E-state index < -0.39 is 0 Å². The van der Waals surface area contributed by atoms with E-state index in [4.69, 9.17) is 0 Å². The van der Waals surface area contributed by atoms with Crippen LogP contribution in [-0.2, 0) is 0 Å². The van der Waals surface area contributed by atoms with E-state index in [1.165, 1.54) is 0 Å². The normalized spacial score (nSPS) is 24.6. The molecule has 0 bridgehead atoms. The maximum Gasteiger partial charge on any atom is 0.124 e. The molecule has 0 radical (unpaired) electrons. The maximum atomic E-state index is 9.30. The summed E-state index contributed by atoms with van der Waals surface area (Å²) in [4.78, 5) is 0. The van der Waals surface area contributed by atoms with Crippen molar-refractivity contribution in [2.45, 2.75) is 6.92 Å². The van der Waals surface area contributed by atoms with Crippen LogP contribution >= 0.6 is 0 Å². The molecule has 0 amide bonds. The van der Waals surface area contributed by atoms with Gasteiger partial charge in [-0.05, 0) is 6.92 Å². The molecular weight excluding hydrogens is 130 g/mol. The molecule has 0 spiro atoms. The van der Waals surface area contributed by atoms with E-state index in [2.05, 4.69) is 5.32 Å². The van der Waals surface area contributed by atoms with Gasteiger partial charge in [-0.25, -0.2) is 0 Å². The highest BCUT2D eigenvalue weighted by Crippen LogP contribution is 1.80. The minimum Gasteiger partial charge on any atom is -0.314 e. The van der Waals surface area contributed by atoms with Gasteiger partial charge in [0.25, 0.3) is 0 Å². The van der Waals surface area contributed by atoms with Crippen molar-refractivity contribution in [3.05, 3.63) is 0 Å². The summed E-state index contributed by atoms with van der Waals surface area (Å²) in [6.45, 7) is 6.59. The molecule has 0 aromatic heterocycles. The second-order valence-electron chi connectivity index (χ2n) is 2.51. The molecule has 1 aliphatic rings.